The lowest BCUT2D eigenvalue weighted by Gasteiger charge is -2.13. The van der Waals surface area contributed by atoms with Crippen LogP contribution in [0.25, 0.3) is 0 Å². The van der Waals surface area contributed by atoms with Crippen LogP contribution in [-0.2, 0) is 13.1 Å². The molecule has 5 nitrogen and oxygen atoms in total. The minimum atomic E-state index is 0.794. The van der Waals surface area contributed by atoms with E-state index in [1.54, 1.807) is 11.3 Å². The molecule has 0 fully saturated rings. The summed E-state index contributed by atoms with van der Waals surface area (Å²) < 4.78 is 0. The third kappa shape index (κ3) is 4.57. The van der Waals surface area contributed by atoms with Gasteiger partial charge in [0.15, 0.2) is 0 Å². The van der Waals surface area contributed by atoms with Crippen LogP contribution in [0.3, 0.4) is 0 Å². The summed E-state index contributed by atoms with van der Waals surface area (Å²) in [6.07, 6.45) is 2.91. The Balaban J connectivity index is 1.85. The van der Waals surface area contributed by atoms with Gasteiger partial charge in [-0.3, -0.25) is 9.88 Å². The quantitative estimate of drug-likeness (QED) is 0.842. The van der Waals surface area contributed by atoms with Crippen molar-refractivity contribution in [1.82, 2.24) is 20.1 Å². The Hall–Kier alpha value is -1.53. The van der Waals surface area contributed by atoms with Crippen molar-refractivity contribution >= 4 is 16.5 Å². The zero-order valence-electron chi connectivity index (χ0n) is 11.3. The van der Waals surface area contributed by atoms with Crippen molar-refractivity contribution in [2.45, 2.75) is 26.4 Å². The van der Waals surface area contributed by atoms with Gasteiger partial charge < -0.3 is 5.32 Å². The van der Waals surface area contributed by atoms with E-state index in [1.807, 2.05) is 24.4 Å². The first-order valence-corrected chi connectivity index (χ1v) is 7.24. The molecule has 0 saturated carbocycles. The fraction of sp³-hybridized carbons (Fsp3) is 0.462. The Morgan fingerprint density at radius 3 is 2.89 bits per heavy atom. The maximum absolute atomic E-state index is 4.32. The molecule has 0 radical (unpaired) electrons. The van der Waals surface area contributed by atoms with E-state index in [9.17, 15) is 0 Å². The Morgan fingerprint density at radius 2 is 2.16 bits per heavy atom. The SMILES string of the molecule is CCCNc1nnc(CN(C)Cc2ccccn2)s1. The smallest absolute Gasteiger partial charge is 0.205 e. The average molecular weight is 277 g/mol. The van der Waals surface area contributed by atoms with Crippen LogP contribution in [0.5, 0.6) is 0 Å². The topological polar surface area (TPSA) is 53.9 Å². The van der Waals surface area contributed by atoms with E-state index in [2.05, 4.69) is 39.4 Å². The molecule has 0 bridgehead atoms. The third-order valence-corrected chi connectivity index (χ3v) is 3.42. The maximum atomic E-state index is 4.32. The highest BCUT2D eigenvalue weighted by Gasteiger charge is 2.07. The van der Waals surface area contributed by atoms with Crippen molar-refractivity contribution in [1.29, 1.82) is 0 Å². The van der Waals surface area contributed by atoms with E-state index < -0.39 is 0 Å². The molecule has 19 heavy (non-hydrogen) atoms. The largest absolute Gasteiger partial charge is 0.360 e. The molecule has 2 aromatic rings. The molecule has 6 heteroatoms. The number of aromatic nitrogens is 3. The van der Waals surface area contributed by atoms with Gasteiger partial charge >= 0.3 is 0 Å². The zero-order chi connectivity index (χ0) is 13.5. The van der Waals surface area contributed by atoms with Crippen molar-refractivity contribution in [3.8, 4) is 0 Å². The Bertz CT molecular complexity index is 485. The van der Waals surface area contributed by atoms with Crippen LogP contribution < -0.4 is 5.32 Å². The highest BCUT2D eigenvalue weighted by atomic mass is 32.1. The lowest BCUT2D eigenvalue weighted by Crippen LogP contribution is -2.17. The summed E-state index contributed by atoms with van der Waals surface area (Å²) in [5, 5.41) is 13.5. The molecule has 0 aliphatic heterocycles. The van der Waals surface area contributed by atoms with Gasteiger partial charge in [-0.25, -0.2) is 0 Å². The van der Waals surface area contributed by atoms with E-state index in [1.165, 1.54) is 0 Å². The number of rotatable bonds is 7. The van der Waals surface area contributed by atoms with E-state index in [4.69, 9.17) is 0 Å². The second-order valence-corrected chi connectivity index (χ2v) is 5.48. The lowest BCUT2D eigenvalue weighted by atomic mass is 10.3. The number of nitrogens with one attached hydrogen (secondary N) is 1. The van der Waals surface area contributed by atoms with Crippen molar-refractivity contribution in [3.63, 3.8) is 0 Å². The highest BCUT2D eigenvalue weighted by molar-refractivity contribution is 7.15. The highest BCUT2D eigenvalue weighted by Crippen LogP contribution is 2.16. The van der Waals surface area contributed by atoms with Crippen LogP contribution in [0, 0.1) is 0 Å². The molecule has 102 valence electrons. The second kappa shape index (κ2) is 7.16. The molecule has 0 atom stereocenters. The first-order valence-electron chi connectivity index (χ1n) is 6.42. The van der Waals surface area contributed by atoms with Gasteiger partial charge in [-0.2, -0.15) is 0 Å². The minimum Gasteiger partial charge on any atom is -0.360 e. The molecule has 0 unspecified atom stereocenters. The van der Waals surface area contributed by atoms with Crippen LogP contribution in [0.2, 0.25) is 0 Å². The van der Waals surface area contributed by atoms with Crippen molar-refractivity contribution in [3.05, 3.63) is 35.1 Å². The molecule has 0 saturated heterocycles. The fourth-order valence-electron chi connectivity index (χ4n) is 1.68. The lowest BCUT2D eigenvalue weighted by molar-refractivity contribution is 0.314. The molecule has 0 aliphatic carbocycles. The molecule has 2 rings (SSSR count). The number of hydrogen-bond acceptors (Lipinski definition) is 6. The molecule has 0 aliphatic rings. The van der Waals surface area contributed by atoms with E-state index >= 15 is 0 Å². The van der Waals surface area contributed by atoms with E-state index in [-0.39, 0.29) is 0 Å². The molecule has 2 aromatic heterocycles. The third-order valence-electron chi connectivity index (χ3n) is 2.56. The summed E-state index contributed by atoms with van der Waals surface area (Å²) in [4.78, 5) is 6.51. The van der Waals surface area contributed by atoms with Crippen LogP contribution in [0.4, 0.5) is 5.13 Å². The molecule has 1 N–H and O–H groups in total. The van der Waals surface area contributed by atoms with Crippen LogP contribution in [-0.4, -0.2) is 33.7 Å². The molecule has 0 amide bonds. The first kappa shape index (κ1) is 13.9. The maximum Gasteiger partial charge on any atom is 0.205 e. The predicted molar refractivity (Wildman–Crippen MR) is 78.1 cm³/mol. The van der Waals surface area contributed by atoms with Gasteiger partial charge in [-0.05, 0) is 25.6 Å². The molecule has 2 heterocycles. The van der Waals surface area contributed by atoms with Gasteiger partial charge in [-0.1, -0.05) is 24.3 Å². The summed E-state index contributed by atoms with van der Waals surface area (Å²) in [7, 11) is 2.06. The summed E-state index contributed by atoms with van der Waals surface area (Å²) in [5.41, 5.74) is 1.07. The standard InChI is InChI=1S/C13H19N5S/c1-3-7-15-13-17-16-12(19-13)10-18(2)9-11-6-4-5-8-14-11/h4-6,8H,3,7,9-10H2,1-2H3,(H,15,17). The van der Waals surface area contributed by atoms with Crippen LogP contribution >= 0.6 is 11.3 Å². The van der Waals surface area contributed by atoms with Crippen LogP contribution in [0.1, 0.15) is 24.0 Å². The Morgan fingerprint density at radius 1 is 1.26 bits per heavy atom. The fourth-order valence-corrected chi connectivity index (χ4v) is 2.52. The van der Waals surface area contributed by atoms with Gasteiger partial charge in [0, 0.05) is 19.3 Å². The normalized spacial score (nSPS) is 10.9. The Labute approximate surface area is 117 Å². The first-order chi connectivity index (χ1) is 9.28. The zero-order valence-corrected chi connectivity index (χ0v) is 12.2. The van der Waals surface area contributed by atoms with Crippen molar-refractivity contribution < 1.29 is 0 Å². The molecular weight excluding hydrogens is 258 g/mol. The summed E-state index contributed by atoms with van der Waals surface area (Å²) in [6.45, 7) is 4.69. The summed E-state index contributed by atoms with van der Waals surface area (Å²) in [6, 6.07) is 5.97. The van der Waals surface area contributed by atoms with Gasteiger partial charge in [0.2, 0.25) is 5.13 Å². The minimum absolute atomic E-state index is 0.794. The van der Waals surface area contributed by atoms with Crippen molar-refractivity contribution in [2.75, 3.05) is 18.9 Å². The monoisotopic (exact) mass is 277 g/mol. The van der Waals surface area contributed by atoms with Crippen LogP contribution in [0.15, 0.2) is 24.4 Å². The van der Waals surface area contributed by atoms with Gasteiger partial charge in [0.25, 0.3) is 0 Å². The number of pyridine rings is 1. The predicted octanol–water partition coefficient (Wildman–Crippen LogP) is 2.39. The van der Waals surface area contributed by atoms with Crippen molar-refractivity contribution in [2.24, 2.45) is 0 Å². The number of anilines is 1. The van der Waals surface area contributed by atoms with Gasteiger partial charge in [0.1, 0.15) is 5.01 Å². The summed E-state index contributed by atoms with van der Waals surface area (Å²) in [5.74, 6) is 0. The number of hydrogen-bond donors (Lipinski definition) is 1. The molecular formula is C13H19N5S. The van der Waals surface area contributed by atoms with Gasteiger partial charge in [-0.15, -0.1) is 10.2 Å². The van der Waals surface area contributed by atoms with E-state index in [0.717, 1.165) is 41.9 Å². The molecule has 0 aromatic carbocycles. The van der Waals surface area contributed by atoms with Gasteiger partial charge in [0.05, 0.1) is 12.2 Å². The summed E-state index contributed by atoms with van der Waals surface area (Å²) >= 11 is 1.62. The molecule has 0 spiro atoms. The van der Waals surface area contributed by atoms with E-state index in [0.29, 0.717) is 0 Å². The Kier molecular flexibility index (Phi) is 5.23. The average Bonchev–Trinajstić information content (AvgIpc) is 2.85. The second-order valence-electron chi connectivity index (χ2n) is 4.42. The number of nitrogens with zero attached hydrogens (tertiary/aromatic N) is 4.